The number of rotatable bonds is 2. The van der Waals surface area contributed by atoms with Gasteiger partial charge in [0.1, 0.15) is 0 Å². The Kier molecular flexibility index (Phi) is 3.52. The molecule has 2 N–H and O–H groups in total. The number of fused-ring (bicyclic) bond motifs is 1. The molecule has 1 aromatic carbocycles. The molecule has 4 nitrogen and oxygen atoms in total. The highest BCUT2D eigenvalue weighted by molar-refractivity contribution is 5.85. The van der Waals surface area contributed by atoms with Crippen LogP contribution in [0.4, 0.5) is 0 Å². The van der Waals surface area contributed by atoms with Crippen molar-refractivity contribution in [2.75, 3.05) is 13.2 Å². The molecule has 1 amide bonds. The molecule has 4 heteroatoms. The van der Waals surface area contributed by atoms with Crippen LogP contribution in [-0.4, -0.2) is 30.7 Å². The van der Waals surface area contributed by atoms with Crippen molar-refractivity contribution in [2.45, 2.75) is 44.4 Å². The molecule has 20 heavy (non-hydrogen) atoms. The van der Waals surface area contributed by atoms with Crippen LogP contribution in [0.1, 0.15) is 37.3 Å². The molecule has 0 bridgehead atoms. The van der Waals surface area contributed by atoms with E-state index in [1.54, 1.807) is 0 Å². The van der Waals surface area contributed by atoms with E-state index in [1.807, 2.05) is 19.1 Å². The molecule has 0 saturated carbocycles. The lowest BCUT2D eigenvalue weighted by Crippen LogP contribution is -2.53. The van der Waals surface area contributed by atoms with E-state index in [9.17, 15) is 4.79 Å². The molecule has 2 aliphatic heterocycles. The number of hydrogen-bond donors (Lipinski definition) is 2. The summed E-state index contributed by atoms with van der Waals surface area (Å²) in [5.41, 5.74) is 2.13. The van der Waals surface area contributed by atoms with Crippen molar-refractivity contribution in [1.82, 2.24) is 10.6 Å². The van der Waals surface area contributed by atoms with Crippen LogP contribution < -0.4 is 10.6 Å². The van der Waals surface area contributed by atoms with Crippen LogP contribution in [0.3, 0.4) is 0 Å². The van der Waals surface area contributed by atoms with Gasteiger partial charge in [0.15, 0.2) is 0 Å². The highest BCUT2D eigenvalue weighted by atomic mass is 16.5. The van der Waals surface area contributed by atoms with Gasteiger partial charge in [-0.2, -0.15) is 0 Å². The summed E-state index contributed by atoms with van der Waals surface area (Å²) in [6.07, 6.45) is 0.945. The molecule has 3 atom stereocenters. The number of ether oxygens (including phenoxy) is 1. The van der Waals surface area contributed by atoms with Gasteiger partial charge in [-0.1, -0.05) is 24.3 Å². The Labute approximate surface area is 119 Å². The van der Waals surface area contributed by atoms with E-state index in [1.165, 1.54) is 5.56 Å². The van der Waals surface area contributed by atoms with E-state index < -0.39 is 0 Å². The molecule has 108 valence electrons. The monoisotopic (exact) mass is 274 g/mol. The van der Waals surface area contributed by atoms with Gasteiger partial charge >= 0.3 is 0 Å². The predicted octanol–water partition coefficient (Wildman–Crippen LogP) is 1.56. The minimum atomic E-state index is -0.247. The number of carbonyl (C=O) groups excluding carboxylic acids is 1. The van der Waals surface area contributed by atoms with Crippen LogP contribution in [0.5, 0.6) is 0 Å². The molecule has 0 aliphatic carbocycles. The van der Waals surface area contributed by atoms with Crippen LogP contribution >= 0.6 is 0 Å². The van der Waals surface area contributed by atoms with Gasteiger partial charge in [0, 0.05) is 19.7 Å². The molecular formula is C16H22N2O2. The van der Waals surface area contributed by atoms with Crippen LogP contribution in [-0.2, 0) is 16.1 Å². The first-order chi connectivity index (χ1) is 9.60. The van der Waals surface area contributed by atoms with Gasteiger partial charge in [-0.05, 0) is 31.4 Å². The lowest BCUT2D eigenvalue weighted by molar-refractivity contribution is -0.125. The quantitative estimate of drug-likeness (QED) is 0.860. The molecule has 2 heterocycles. The van der Waals surface area contributed by atoms with Crippen LogP contribution in [0, 0.1) is 0 Å². The second-order valence-corrected chi connectivity index (χ2v) is 6.05. The maximum Gasteiger partial charge on any atom is 0.229 e. The zero-order valence-electron chi connectivity index (χ0n) is 12.1. The Hall–Kier alpha value is -1.39. The molecule has 0 radical (unpaired) electrons. The molecular weight excluding hydrogens is 252 g/mol. The summed E-state index contributed by atoms with van der Waals surface area (Å²) in [4.78, 5) is 12.7. The Morgan fingerprint density at radius 1 is 1.45 bits per heavy atom. The lowest BCUT2D eigenvalue weighted by atomic mass is 9.88. The van der Waals surface area contributed by atoms with Gasteiger partial charge in [0.2, 0.25) is 5.91 Å². The third kappa shape index (κ3) is 2.34. The Morgan fingerprint density at radius 3 is 3.00 bits per heavy atom. The van der Waals surface area contributed by atoms with E-state index in [0.717, 1.165) is 25.1 Å². The average molecular weight is 274 g/mol. The Balaban J connectivity index is 1.79. The van der Waals surface area contributed by atoms with Crippen molar-refractivity contribution in [3.63, 3.8) is 0 Å². The van der Waals surface area contributed by atoms with Gasteiger partial charge in [-0.25, -0.2) is 0 Å². The SMILES string of the molecule is CC1OCCC1(C)NC(=O)C1CNCc2ccccc21. The van der Waals surface area contributed by atoms with Crippen molar-refractivity contribution in [3.05, 3.63) is 35.4 Å². The summed E-state index contributed by atoms with van der Waals surface area (Å²) >= 11 is 0. The second kappa shape index (κ2) is 5.19. The van der Waals surface area contributed by atoms with Crippen molar-refractivity contribution in [3.8, 4) is 0 Å². The minimum absolute atomic E-state index is 0.0678. The fraction of sp³-hybridized carbons (Fsp3) is 0.562. The molecule has 0 aromatic heterocycles. The zero-order chi connectivity index (χ0) is 14.2. The molecule has 3 unspecified atom stereocenters. The van der Waals surface area contributed by atoms with Crippen molar-refractivity contribution < 1.29 is 9.53 Å². The molecule has 3 rings (SSSR count). The number of benzene rings is 1. The van der Waals surface area contributed by atoms with E-state index in [-0.39, 0.29) is 23.5 Å². The lowest BCUT2D eigenvalue weighted by Gasteiger charge is -2.33. The third-order valence-electron chi connectivity index (χ3n) is 4.71. The summed E-state index contributed by atoms with van der Waals surface area (Å²) in [5, 5.41) is 6.54. The first-order valence-electron chi connectivity index (χ1n) is 7.32. The summed E-state index contributed by atoms with van der Waals surface area (Å²) in [5.74, 6) is -0.00549. The number of hydrogen-bond acceptors (Lipinski definition) is 3. The number of nitrogens with one attached hydrogen (secondary N) is 2. The molecule has 0 spiro atoms. The van der Waals surface area contributed by atoms with Crippen LogP contribution in [0.2, 0.25) is 0 Å². The van der Waals surface area contributed by atoms with Crippen LogP contribution in [0.25, 0.3) is 0 Å². The first-order valence-corrected chi connectivity index (χ1v) is 7.32. The highest BCUT2D eigenvalue weighted by Gasteiger charge is 2.40. The minimum Gasteiger partial charge on any atom is -0.376 e. The maximum absolute atomic E-state index is 12.7. The summed E-state index contributed by atoms with van der Waals surface area (Å²) < 4.78 is 5.60. The second-order valence-electron chi connectivity index (χ2n) is 6.05. The van der Waals surface area contributed by atoms with Crippen molar-refractivity contribution >= 4 is 5.91 Å². The van der Waals surface area contributed by atoms with Gasteiger partial charge < -0.3 is 15.4 Å². The predicted molar refractivity (Wildman–Crippen MR) is 77.5 cm³/mol. The van der Waals surface area contributed by atoms with Gasteiger partial charge in [0.25, 0.3) is 0 Å². The standard InChI is InChI=1S/C16H22N2O2/c1-11-16(2,7-8-20-11)18-15(19)14-10-17-9-12-5-3-4-6-13(12)14/h3-6,11,14,17H,7-10H2,1-2H3,(H,18,19). The Bertz CT molecular complexity index is 517. The molecule has 2 aliphatic rings. The van der Waals surface area contributed by atoms with Crippen LogP contribution in [0.15, 0.2) is 24.3 Å². The van der Waals surface area contributed by atoms with E-state index in [0.29, 0.717) is 6.54 Å². The average Bonchev–Trinajstić information content (AvgIpc) is 2.77. The van der Waals surface area contributed by atoms with Crippen molar-refractivity contribution in [2.24, 2.45) is 0 Å². The highest BCUT2D eigenvalue weighted by Crippen LogP contribution is 2.28. The number of carbonyl (C=O) groups is 1. The first kappa shape index (κ1) is 13.6. The fourth-order valence-electron chi connectivity index (χ4n) is 3.10. The van der Waals surface area contributed by atoms with Gasteiger partial charge in [-0.3, -0.25) is 4.79 Å². The van der Waals surface area contributed by atoms with Crippen molar-refractivity contribution in [1.29, 1.82) is 0 Å². The smallest absolute Gasteiger partial charge is 0.229 e. The Morgan fingerprint density at radius 2 is 2.25 bits per heavy atom. The van der Waals surface area contributed by atoms with E-state index >= 15 is 0 Å². The number of amides is 1. The van der Waals surface area contributed by atoms with E-state index in [4.69, 9.17) is 4.74 Å². The topological polar surface area (TPSA) is 50.4 Å². The molecule has 1 aromatic rings. The van der Waals surface area contributed by atoms with E-state index in [2.05, 4.69) is 29.7 Å². The molecule has 1 saturated heterocycles. The summed E-state index contributed by atoms with van der Waals surface area (Å²) in [6, 6.07) is 8.19. The summed E-state index contributed by atoms with van der Waals surface area (Å²) in [6.45, 7) is 6.37. The largest absolute Gasteiger partial charge is 0.376 e. The third-order valence-corrected chi connectivity index (χ3v) is 4.71. The van der Waals surface area contributed by atoms with Gasteiger partial charge in [-0.15, -0.1) is 0 Å². The summed E-state index contributed by atoms with van der Waals surface area (Å²) in [7, 11) is 0. The molecule has 1 fully saturated rings. The maximum atomic E-state index is 12.7. The van der Waals surface area contributed by atoms with Gasteiger partial charge in [0.05, 0.1) is 17.6 Å². The zero-order valence-corrected chi connectivity index (χ0v) is 12.1. The fourth-order valence-corrected chi connectivity index (χ4v) is 3.10. The normalized spacial score (nSPS) is 32.7.